The minimum absolute atomic E-state index is 0.165. The van der Waals surface area contributed by atoms with Crippen LogP contribution in [0.5, 0.6) is 11.5 Å². The lowest BCUT2D eigenvalue weighted by Gasteiger charge is -2.32. The third-order valence-corrected chi connectivity index (χ3v) is 7.19. The van der Waals surface area contributed by atoms with Crippen LogP contribution in [-0.2, 0) is 17.9 Å². The fourth-order valence-electron chi connectivity index (χ4n) is 5.15. The predicted molar refractivity (Wildman–Crippen MR) is 140 cm³/mol. The van der Waals surface area contributed by atoms with Gasteiger partial charge in [-0.25, -0.2) is 0 Å². The second-order valence-electron chi connectivity index (χ2n) is 9.98. The number of aliphatic hydroxyl groups is 1. The maximum atomic E-state index is 11.3. The van der Waals surface area contributed by atoms with E-state index in [1.807, 2.05) is 48.5 Å². The van der Waals surface area contributed by atoms with Crippen molar-refractivity contribution in [1.82, 2.24) is 14.7 Å². The molecule has 2 aliphatic heterocycles. The standard InChI is InChI=1S/C28H40N4O4/c1-30-12-5-13-32(17-16-30)25-10-14-31(15-11-26(25)33)19-23-18-24(8-9-27(23)36-21-28(29)34)35-20-22-6-3-2-4-7-22/h2-4,6-9,18,25-26,33H,5,10-17,19-21H2,1H3,(H2,29,34)/t25-,26-/m0/s1. The number of nitrogens with two attached hydrogens (primary N) is 1. The van der Waals surface area contributed by atoms with Crippen LogP contribution in [0.1, 0.15) is 30.4 Å². The Labute approximate surface area is 214 Å². The van der Waals surface area contributed by atoms with Crippen molar-refractivity contribution in [1.29, 1.82) is 0 Å². The Balaban J connectivity index is 1.43. The van der Waals surface area contributed by atoms with Gasteiger partial charge in [-0.05, 0) is 63.2 Å². The number of amides is 1. The third kappa shape index (κ3) is 7.67. The van der Waals surface area contributed by atoms with Gasteiger partial charge in [-0.3, -0.25) is 14.6 Å². The van der Waals surface area contributed by atoms with Crippen molar-refractivity contribution in [3.05, 3.63) is 59.7 Å². The first-order valence-electron chi connectivity index (χ1n) is 13.0. The number of hydrogen-bond donors (Lipinski definition) is 2. The first kappa shape index (κ1) is 26.4. The molecule has 8 heteroatoms. The van der Waals surface area contributed by atoms with Gasteiger partial charge in [0.05, 0.1) is 6.10 Å². The fraction of sp³-hybridized carbons (Fsp3) is 0.536. The Bertz CT molecular complexity index is 973. The van der Waals surface area contributed by atoms with Crippen molar-refractivity contribution in [3.63, 3.8) is 0 Å². The molecule has 2 heterocycles. The summed E-state index contributed by atoms with van der Waals surface area (Å²) in [5.74, 6) is 0.883. The topological polar surface area (TPSA) is 91.5 Å². The number of primary amides is 1. The van der Waals surface area contributed by atoms with E-state index in [2.05, 4.69) is 21.7 Å². The van der Waals surface area contributed by atoms with E-state index < -0.39 is 5.91 Å². The van der Waals surface area contributed by atoms with Gasteiger partial charge >= 0.3 is 0 Å². The number of likely N-dealkylation sites (tertiary alicyclic amines) is 1. The molecule has 2 fully saturated rings. The van der Waals surface area contributed by atoms with Crippen LogP contribution in [0, 0.1) is 0 Å². The summed E-state index contributed by atoms with van der Waals surface area (Å²) >= 11 is 0. The molecule has 2 aliphatic rings. The van der Waals surface area contributed by atoms with Crippen molar-refractivity contribution < 1.29 is 19.4 Å². The van der Waals surface area contributed by atoms with Crippen LogP contribution in [0.15, 0.2) is 48.5 Å². The Morgan fingerprint density at radius 2 is 1.81 bits per heavy atom. The number of ether oxygens (including phenoxy) is 2. The number of carbonyl (C=O) groups is 1. The molecule has 4 rings (SSSR count). The minimum atomic E-state index is -0.505. The summed E-state index contributed by atoms with van der Waals surface area (Å²) in [7, 11) is 2.17. The average Bonchev–Trinajstić information content (AvgIpc) is 3.20. The van der Waals surface area contributed by atoms with Crippen molar-refractivity contribution >= 4 is 5.91 Å². The monoisotopic (exact) mass is 496 g/mol. The lowest BCUT2D eigenvalue weighted by molar-refractivity contribution is -0.119. The van der Waals surface area contributed by atoms with E-state index in [0.29, 0.717) is 18.9 Å². The van der Waals surface area contributed by atoms with Crippen LogP contribution in [0.4, 0.5) is 0 Å². The molecule has 8 nitrogen and oxygen atoms in total. The Hall–Kier alpha value is -2.65. The molecule has 0 aliphatic carbocycles. The Morgan fingerprint density at radius 1 is 1.00 bits per heavy atom. The van der Waals surface area contributed by atoms with Gasteiger partial charge in [-0.2, -0.15) is 0 Å². The SMILES string of the molecule is CN1CCCN([C@H]2CCN(Cc3cc(OCc4ccccc4)ccc3OCC(N)=O)CC[C@@H]2O)CC1. The molecular weight excluding hydrogens is 456 g/mol. The Morgan fingerprint density at radius 3 is 2.61 bits per heavy atom. The smallest absolute Gasteiger partial charge is 0.255 e. The highest BCUT2D eigenvalue weighted by Crippen LogP contribution is 2.28. The lowest BCUT2D eigenvalue weighted by Crippen LogP contribution is -2.45. The van der Waals surface area contributed by atoms with E-state index >= 15 is 0 Å². The van der Waals surface area contributed by atoms with Crippen LogP contribution in [-0.4, -0.2) is 90.8 Å². The number of rotatable bonds is 9. The van der Waals surface area contributed by atoms with Crippen molar-refractivity contribution in [2.45, 2.75) is 44.6 Å². The van der Waals surface area contributed by atoms with Crippen molar-refractivity contribution in [2.75, 3.05) is 52.9 Å². The van der Waals surface area contributed by atoms with Gasteiger partial charge in [0.1, 0.15) is 18.1 Å². The van der Waals surface area contributed by atoms with Gasteiger partial charge in [0, 0.05) is 44.3 Å². The molecule has 2 aromatic rings. The van der Waals surface area contributed by atoms with E-state index in [1.54, 1.807) is 0 Å². The molecule has 0 aromatic heterocycles. The lowest BCUT2D eigenvalue weighted by atomic mass is 10.0. The molecule has 0 spiro atoms. The van der Waals surface area contributed by atoms with Crippen LogP contribution in [0.2, 0.25) is 0 Å². The maximum Gasteiger partial charge on any atom is 0.255 e. The predicted octanol–water partition coefficient (Wildman–Crippen LogP) is 2.09. The van der Waals surface area contributed by atoms with Crippen LogP contribution < -0.4 is 15.2 Å². The summed E-state index contributed by atoms with van der Waals surface area (Å²) in [6.45, 7) is 6.85. The molecule has 0 unspecified atom stereocenters. The van der Waals surface area contributed by atoms with Gasteiger partial charge in [0.15, 0.2) is 6.61 Å². The molecule has 2 aromatic carbocycles. The van der Waals surface area contributed by atoms with E-state index in [-0.39, 0.29) is 18.8 Å². The van der Waals surface area contributed by atoms with Gasteiger partial charge < -0.3 is 25.2 Å². The summed E-state index contributed by atoms with van der Waals surface area (Å²) in [5, 5.41) is 11.0. The largest absolute Gasteiger partial charge is 0.489 e. The highest BCUT2D eigenvalue weighted by Gasteiger charge is 2.30. The number of hydrogen-bond acceptors (Lipinski definition) is 7. The molecule has 0 radical (unpaired) electrons. The van der Waals surface area contributed by atoms with Gasteiger partial charge in [0.2, 0.25) is 0 Å². The molecular formula is C28H40N4O4. The first-order valence-corrected chi connectivity index (χ1v) is 13.0. The first-order chi connectivity index (χ1) is 17.5. The van der Waals surface area contributed by atoms with E-state index in [0.717, 1.165) is 75.4 Å². The third-order valence-electron chi connectivity index (χ3n) is 7.19. The van der Waals surface area contributed by atoms with E-state index in [9.17, 15) is 9.90 Å². The number of aliphatic hydroxyl groups excluding tert-OH is 1. The summed E-state index contributed by atoms with van der Waals surface area (Å²) < 4.78 is 11.8. The second-order valence-corrected chi connectivity index (χ2v) is 9.98. The second kappa shape index (κ2) is 13.1. The van der Waals surface area contributed by atoms with Crippen LogP contribution >= 0.6 is 0 Å². The zero-order valence-corrected chi connectivity index (χ0v) is 21.3. The van der Waals surface area contributed by atoms with E-state index in [1.165, 1.54) is 0 Å². The summed E-state index contributed by atoms with van der Waals surface area (Å²) in [5.41, 5.74) is 7.37. The van der Waals surface area contributed by atoms with Gasteiger partial charge in [0.25, 0.3) is 5.91 Å². The van der Waals surface area contributed by atoms with Gasteiger partial charge in [-0.15, -0.1) is 0 Å². The number of carbonyl (C=O) groups excluding carboxylic acids is 1. The molecule has 36 heavy (non-hydrogen) atoms. The molecule has 0 saturated carbocycles. The molecule has 1 amide bonds. The highest BCUT2D eigenvalue weighted by molar-refractivity contribution is 5.75. The fourth-order valence-corrected chi connectivity index (χ4v) is 5.15. The zero-order valence-electron chi connectivity index (χ0n) is 21.3. The number of nitrogens with zero attached hydrogens (tertiary/aromatic N) is 3. The quantitative estimate of drug-likeness (QED) is 0.549. The summed E-state index contributed by atoms with van der Waals surface area (Å²) in [4.78, 5) is 18.6. The molecule has 2 atom stereocenters. The minimum Gasteiger partial charge on any atom is -0.489 e. The zero-order chi connectivity index (χ0) is 25.3. The highest BCUT2D eigenvalue weighted by atomic mass is 16.5. The molecule has 3 N–H and O–H groups in total. The Kier molecular flexibility index (Phi) is 9.58. The summed E-state index contributed by atoms with van der Waals surface area (Å²) in [6, 6.07) is 15.9. The molecule has 2 saturated heterocycles. The maximum absolute atomic E-state index is 11.3. The molecule has 0 bridgehead atoms. The summed E-state index contributed by atoms with van der Waals surface area (Å²) in [6.07, 6.45) is 2.47. The average molecular weight is 497 g/mol. The number of benzene rings is 2. The van der Waals surface area contributed by atoms with Crippen LogP contribution in [0.3, 0.4) is 0 Å². The number of likely N-dealkylation sites (N-methyl/N-ethyl adjacent to an activating group) is 1. The van der Waals surface area contributed by atoms with Gasteiger partial charge in [-0.1, -0.05) is 30.3 Å². The normalized spacial score (nSPS) is 22.5. The van der Waals surface area contributed by atoms with Crippen molar-refractivity contribution in [3.8, 4) is 11.5 Å². The van der Waals surface area contributed by atoms with Crippen molar-refractivity contribution in [2.24, 2.45) is 5.73 Å². The van der Waals surface area contributed by atoms with Crippen LogP contribution in [0.25, 0.3) is 0 Å². The van der Waals surface area contributed by atoms with E-state index in [4.69, 9.17) is 15.2 Å². The molecule has 196 valence electrons.